The highest BCUT2D eigenvalue weighted by Gasteiger charge is 2.09. The van der Waals surface area contributed by atoms with Gasteiger partial charge in [-0.1, -0.05) is 17.3 Å². The quantitative estimate of drug-likeness (QED) is 0.724. The van der Waals surface area contributed by atoms with E-state index in [-0.39, 0.29) is 12.1 Å². The highest BCUT2D eigenvalue weighted by Crippen LogP contribution is 2.15. The summed E-state index contributed by atoms with van der Waals surface area (Å²) in [7, 11) is 0. The van der Waals surface area contributed by atoms with Crippen LogP contribution in [0.5, 0.6) is 0 Å². The third-order valence-electron chi connectivity index (χ3n) is 3.71. The Hall–Kier alpha value is -2.67. The van der Waals surface area contributed by atoms with Gasteiger partial charge in [0.2, 0.25) is 0 Å². The van der Waals surface area contributed by atoms with Crippen LogP contribution in [-0.4, -0.2) is 27.6 Å². The van der Waals surface area contributed by atoms with Gasteiger partial charge in [-0.05, 0) is 53.4 Å². The number of urea groups is 1. The summed E-state index contributed by atoms with van der Waals surface area (Å²) in [5.74, 6) is 0. The Labute approximate surface area is 144 Å². The van der Waals surface area contributed by atoms with Crippen molar-refractivity contribution in [3.8, 4) is 5.69 Å². The van der Waals surface area contributed by atoms with Crippen molar-refractivity contribution < 1.29 is 4.79 Å². The first-order chi connectivity index (χ1) is 11.7. The second-order valence-electron chi connectivity index (χ2n) is 5.44. The Bertz CT molecular complexity index is 753. The lowest BCUT2D eigenvalue weighted by molar-refractivity contribution is 0.238. The van der Waals surface area contributed by atoms with Crippen molar-refractivity contribution in [2.45, 2.75) is 19.4 Å². The number of carbonyl (C=O) groups is 1. The minimum atomic E-state index is -0.155. The average molecular weight is 341 g/mol. The number of hydrogen-bond donors (Lipinski definition) is 2. The van der Waals surface area contributed by atoms with Crippen LogP contribution in [-0.2, 0) is 6.42 Å². The van der Waals surface area contributed by atoms with Crippen LogP contribution in [0.15, 0.2) is 53.5 Å². The summed E-state index contributed by atoms with van der Waals surface area (Å²) in [6, 6.07) is 9.71. The van der Waals surface area contributed by atoms with Gasteiger partial charge in [-0.2, -0.15) is 11.3 Å². The molecule has 6 nitrogen and oxygen atoms in total. The molecule has 2 N–H and O–H groups in total. The van der Waals surface area contributed by atoms with Crippen molar-refractivity contribution in [3.05, 3.63) is 64.6 Å². The number of thiophene rings is 1. The normalized spacial score (nSPS) is 11.9. The average Bonchev–Trinajstić information content (AvgIpc) is 3.29. The van der Waals surface area contributed by atoms with E-state index < -0.39 is 0 Å². The molecule has 3 aromatic rings. The van der Waals surface area contributed by atoms with Crippen molar-refractivity contribution in [3.63, 3.8) is 0 Å². The predicted octanol–water partition coefficient (Wildman–Crippen LogP) is 2.93. The third-order valence-corrected chi connectivity index (χ3v) is 4.44. The molecule has 0 spiro atoms. The third kappa shape index (κ3) is 4.20. The molecule has 2 aromatic heterocycles. The molecule has 0 saturated heterocycles. The molecular weight excluding hydrogens is 322 g/mol. The second-order valence-corrected chi connectivity index (χ2v) is 6.22. The number of aromatic nitrogens is 3. The number of amides is 2. The maximum atomic E-state index is 12.0. The summed E-state index contributed by atoms with van der Waals surface area (Å²) in [6.07, 6.45) is 4.27. The standard InChI is InChI=1S/C17H19N5OS/c1-13(20-17(23)18-8-6-14-7-11-24-12-14)15-2-4-16(5-3-15)22-10-9-19-21-22/h2-5,7,9-13H,6,8H2,1H3,(H2,18,20,23)/t13-/m1/s1. The molecule has 7 heteroatoms. The molecule has 2 amide bonds. The molecular formula is C17H19N5OS. The number of hydrogen-bond acceptors (Lipinski definition) is 4. The Morgan fingerprint density at radius 2 is 2.12 bits per heavy atom. The van der Waals surface area contributed by atoms with E-state index >= 15 is 0 Å². The Balaban J connectivity index is 1.48. The van der Waals surface area contributed by atoms with Gasteiger partial charge in [-0.3, -0.25) is 0 Å². The molecule has 3 rings (SSSR count). The largest absolute Gasteiger partial charge is 0.338 e. The highest BCUT2D eigenvalue weighted by atomic mass is 32.1. The van der Waals surface area contributed by atoms with Crippen LogP contribution < -0.4 is 10.6 Å². The molecule has 1 atom stereocenters. The van der Waals surface area contributed by atoms with Gasteiger partial charge < -0.3 is 10.6 Å². The van der Waals surface area contributed by atoms with Crippen LogP contribution in [0.2, 0.25) is 0 Å². The molecule has 0 aliphatic heterocycles. The van der Waals surface area contributed by atoms with Crippen LogP contribution in [0.4, 0.5) is 4.79 Å². The fourth-order valence-corrected chi connectivity index (χ4v) is 3.05. The smallest absolute Gasteiger partial charge is 0.315 e. The first kappa shape index (κ1) is 16.2. The van der Waals surface area contributed by atoms with Gasteiger partial charge in [-0.15, -0.1) is 5.10 Å². The van der Waals surface area contributed by atoms with Crippen LogP contribution >= 0.6 is 11.3 Å². The molecule has 0 unspecified atom stereocenters. The summed E-state index contributed by atoms with van der Waals surface area (Å²) in [5.41, 5.74) is 3.22. The van der Waals surface area contributed by atoms with E-state index in [1.807, 2.05) is 36.6 Å². The van der Waals surface area contributed by atoms with Gasteiger partial charge >= 0.3 is 6.03 Å². The second kappa shape index (κ2) is 7.74. The van der Waals surface area contributed by atoms with Crippen molar-refractivity contribution >= 4 is 17.4 Å². The Morgan fingerprint density at radius 3 is 2.79 bits per heavy atom. The van der Waals surface area contributed by atoms with Crippen molar-refractivity contribution in [1.82, 2.24) is 25.6 Å². The van der Waals surface area contributed by atoms with Gasteiger partial charge in [0.15, 0.2) is 0 Å². The van der Waals surface area contributed by atoms with E-state index in [4.69, 9.17) is 0 Å². The fourth-order valence-electron chi connectivity index (χ4n) is 2.35. The van der Waals surface area contributed by atoms with E-state index in [0.29, 0.717) is 6.54 Å². The van der Waals surface area contributed by atoms with E-state index in [9.17, 15) is 4.79 Å². The topological polar surface area (TPSA) is 71.8 Å². The molecule has 0 aliphatic carbocycles. The van der Waals surface area contributed by atoms with Gasteiger partial charge in [0.05, 0.1) is 24.1 Å². The minimum Gasteiger partial charge on any atom is -0.338 e. The summed E-state index contributed by atoms with van der Waals surface area (Å²) >= 11 is 1.67. The van der Waals surface area contributed by atoms with Crippen LogP contribution in [0, 0.1) is 0 Å². The minimum absolute atomic E-state index is 0.0732. The summed E-state index contributed by atoms with van der Waals surface area (Å²) in [4.78, 5) is 12.0. The van der Waals surface area contributed by atoms with Gasteiger partial charge in [0.25, 0.3) is 0 Å². The maximum Gasteiger partial charge on any atom is 0.315 e. The lowest BCUT2D eigenvalue weighted by Gasteiger charge is -2.15. The molecule has 0 bridgehead atoms. The monoisotopic (exact) mass is 341 g/mol. The Morgan fingerprint density at radius 1 is 1.29 bits per heavy atom. The SMILES string of the molecule is C[C@@H](NC(=O)NCCc1ccsc1)c1ccc(-n2ccnn2)cc1. The first-order valence-electron chi connectivity index (χ1n) is 7.74. The lowest BCUT2D eigenvalue weighted by Crippen LogP contribution is -2.38. The molecule has 0 aliphatic rings. The molecule has 0 saturated carbocycles. The van der Waals surface area contributed by atoms with Crippen LogP contribution in [0.25, 0.3) is 5.69 Å². The predicted molar refractivity (Wildman–Crippen MR) is 94.3 cm³/mol. The van der Waals surface area contributed by atoms with Crippen molar-refractivity contribution in [2.75, 3.05) is 6.54 Å². The number of nitrogens with zero attached hydrogens (tertiary/aromatic N) is 3. The molecule has 2 heterocycles. The fraction of sp³-hybridized carbons (Fsp3) is 0.235. The molecule has 1 aromatic carbocycles. The van der Waals surface area contributed by atoms with E-state index in [2.05, 4.69) is 32.4 Å². The Kier molecular flexibility index (Phi) is 5.22. The summed E-state index contributed by atoms with van der Waals surface area (Å²) in [6.45, 7) is 2.59. The first-order valence-corrected chi connectivity index (χ1v) is 8.69. The number of nitrogens with one attached hydrogen (secondary N) is 2. The summed E-state index contributed by atoms with van der Waals surface area (Å²) in [5, 5.41) is 17.7. The van der Waals surface area contributed by atoms with E-state index in [1.54, 1.807) is 28.4 Å². The zero-order chi connectivity index (χ0) is 16.8. The molecule has 0 fully saturated rings. The van der Waals surface area contributed by atoms with E-state index in [0.717, 1.165) is 17.7 Å². The molecule has 24 heavy (non-hydrogen) atoms. The highest BCUT2D eigenvalue weighted by molar-refractivity contribution is 7.07. The van der Waals surface area contributed by atoms with E-state index in [1.165, 1.54) is 5.56 Å². The van der Waals surface area contributed by atoms with Crippen LogP contribution in [0.1, 0.15) is 24.1 Å². The zero-order valence-corrected chi connectivity index (χ0v) is 14.2. The maximum absolute atomic E-state index is 12.0. The van der Waals surface area contributed by atoms with Gasteiger partial charge in [0, 0.05) is 6.54 Å². The summed E-state index contributed by atoms with van der Waals surface area (Å²) < 4.78 is 1.69. The molecule has 124 valence electrons. The van der Waals surface area contributed by atoms with Crippen LogP contribution in [0.3, 0.4) is 0 Å². The van der Waals surface area contributed by atoms with Gasteiger partial charge in [0.1, 0.15) is 0 Å². The lowest BCUT2D eigenvalue weighted by atomic mass is 10.1. The number of rotatable bonds is 6. The van der Waals surface area contributed by atoms with Crippen molar-refractivity contribution in [1.29, 1.82) is 0 Å². The van der Waals surface area contributed by atoms with Crippen molar-refractivity contribution in [2.24, 2.45) is 0 Å². The number of carbonyl (C=O) groups excluding carboxylic acids is 1. The van der Waals surface area contributed by atoms with Gasteiger partial charge in [-0.25, -0.2) is 9.48 Å². The molecule has 0 radical (unpaired) electrons. The number of benzene rings is 1. The zero-order valence-electron chi connectivity index (χ0n) is 13.3.